The molecule has 0 saturated heterocycles. The van der Waals surface area contributed by atoms with E-state index in [1.54, 1.807) is 0 Å². The number of hydrogen-bond acceptors (Lipinski definition) is 3. The second-order valence-corrected chi connectivity index (χ2v) is 5.62. The molecule has 0 unspecified atom stereocenters. The molecule has 0 saturated carbocycles. The highest BCUT2D eigenvalue weighted by molar-refractivity contribution is 7.99. The normalized spacial score (nSPS) is 14.0. The Morgan fingerprint density at radius 1 is 1.11 bits per heavy atom. The van der Waals surface area contributed by atoms with Crippen LogP contribution in [0.3, 0.4) is 0 Å². The molecule has 1 aliphatic heterocycles. The molecule has 1 heterocycles. The molecule has 1 aliphatic rings. The third-order valence-electron chi connectivity index (χ3n) is 3.15. The van der Waals surface area contributed by atoms with Crippen molar-refractivity contribution in [2.24, 2.45) is 0 Å². The molecule has 0 aliphatic carbocycles. The number of anilines is 3. The predicted molar refractivity (Wildman–Crippen MR) is 79.6 cm³/mol. The van der Waals surface area contributed by atoms with Crippen LogP contribution in [0.25, 0.3) is 0 Å². The number of benzene rings is 2. The van der Waals surface area contributed by atoms with Crippen LogP contribution in [0.2, 0.25) is 0 Å². The Kier molecular flexibility index (Phi) is 3.15. The first-order valence-corrected chi connectivity index (χ1v) is 7.19. The molecular formula is C15H16N2S. The van der Waals surface area contributed by atoms with Crippen LogP contribution in [-0.2, 0) is 6.42 Å². The van der Waals surface area contributed by atoms with Gasteiger partial charge in [-0.15, -0.1) is 11.8 Å². The topological polar surface area (TPSA) is 38.0 Å². The Morgan fingerprint density at radius 2 is 2.00 bits per heavy atom. The maximum atomic E-state index is 5.94. The highest BCUT2D eigenvalue weighted by Crippen LogP contribution is 2.33. The average Bonchev–Trinajstić information content (AvgIpc) is 2.41. The Morgan fingerprint density at radius 3 is 2.89 bits per heavy atom. The number of nitrogens with two attached hydrogens (primary N) is 1. The summed E-state index contributed by atoms with van der Waals surface area (Å²) < 4.78 is 0. The van der Waals surface area contributed by atoms with Crippen molar-refractivity contribution >= 4 is 28.8 Å². The minimum absolute atomic E-state index is 0.782. The highest BCUT2D eigenvalue weighted by atomic mass is 32.2. The SMILES string of the molecule is Nc1ccccc1Nc1ccc2c(c1)CCCS2. The van der Waals surface area contributed by atoms with Gasteiger partial charge >= 0.3 is 0 Å². The first-order chi connectivity index (χ1) is 8.83. The summed E-state index contributed by atoms with van der Waals surface area (Å²) in [5, 5.41) is 3.39. The molecule has 0 atom stereocenters. The van der Waals surface area contributed by atoms with Gasteiger partial charge in [0, 0.05) is 10.6 Å². The van der Waals surface area contributed by atoms with E-state index in [4.69, 9.17) is 5.73 Å². The predicted octanol–water partition coefficient (Wildman–Crippen LogP) is 4.05. The molecule has 3 heteroatoms. The molecule has 0 fully saturated rings. The smallest absolute Gasteiger partial charge is 0.0617 e. The molecule has 2 aromatic rings. The van der Waals surface area contributed by atoms with Gasteiger partial charge in [-0.25, -0.2) is 0 Å². The number of hydrogen-bond donors (Lipinski definition) is 2. The zero-order chi connectivity index (χ0) is 12.4. The number of fused-ring (bicyclic) bond motifs is 1. The van der Waals surface area contributed by atoms with Gasteiger partial charge in [-0.3, -0.25) is 0 Å². The molecule has 0 radical (unpaired) electrons. The van der Waals surface area contributed by atoms with Crippen LogP contribution in [0, 0.1) is 0 Å². The lowest BCUT2D eigenvalue weighted by atomic mass is 10.1. The van der Waals surface area contributed by atoms with Crippen LogP contribution < -0.4 is 11.1 Å². The molecule has 3 N–H and O–H groups in total. The van der Waals surface area contributed by atoms with Gasteiger partial charge in [-0.1, -0.05) is 12.1 Å². The molecule has 0 aromatic heterocycles. The summed E-state index contributed by atoms with van der Waals surface area (Å²) in [5.74, 6) is 1.24. The number of nitrogens with one attached hydrogen (secondary N) is 1. The number of rotatable bonds is 2. The molecule has 3 rings (SSSR count). The van der Waals surface area contributed by atoms with E-state index in [9.17, 15) is 0 Å². The number of thioether (sulfide) groups is 1. The summed E-state index contributed by atoms with van der Waals surface area (Å²) >= 11 is 1.95. The van der Waals surface area contributed by atoms with Crippen LogP contribution in [0.1, 0.15) is 12.0 Å². The van der Waals surface area contributed by atoms with Crippen molar-refractivity contribution in [3.05, 3.63) is 48.0 Å². The van der Waals surface area contributed by atoms with E-state index in [-0.39, 0.29) is 0 Å². The third-order valence-corrected chi connectivity index (χ3v) is 4.35. The Labute approximate surface area is 112 Å². The Bertz CT molecular complexity index is 566. The van der Waals surface area contributed by atoms with Crippen LogP contribution in [0.4, 0.5) is 17.1 Å². The molecule has 2 nitrogen and oxygen atoms in total. The zero-order valence-corrected chi connectivity index (χ0v) is 11.0. The van der Waals surface area contributed by atoms with Crippen molar-refractivity contribution in [3.63, 3.8) is 0 Å². The van der Waals surface area contributed by atoms with Crippen molar-refractivity contribution in [1.82, 2.24) is 0 Å². The van der Waals surface area contributed by atoms with Crippen molar-refractivity contribution in [1.29, 1.82) is 0 Å². The van der Waals surface area contributed by atoms with Gasteiger partial charge in [0.05, 0.1) is 11.4 Å². The van der Waals surface area contributed by atoms with Crippen molar-refractivity contribution in [2.45, 2.75) is 17.7 Å². The van der Waals surface area contributed by atoms with Crippen LogP contribution in [0.5, 0.6) is 0 Å². The van der Waals surface area contributed by atoms with E-state index in [1.807, 2.05) is 36.0 Å². The average molecular weight is 256 g/mol. The summed E-state index contributed by atoms with van der Waals surface area (Å²) in [4.78, 5) is 1.42. The van der Waals surface area contributed by atoms with Gasteiger partial charge in [0.1, 0.15) is 0 Å². The van der Waals surface area contributed by atoms with Crippen molar-refractivity contribution in [2.75, 3.05) is 16.8 Å². The summed E-state index contributed by atoms with van der Waals surface area (Å²) in [6.07, 6.45) is 2.46. The lowest BCUT2D eigenvalue weighted by molar-refractivity contribution is 0.890. The van der Waals surface area contributed by atoms with E-state index < -0.39 is 0 Å². The quantitative estimate of drug-likeness (QED) is 0.796. The van der Waals surface area contributed by atoms with E-state index in [2.05, 4.69) is 23.5 Å². The third kappa shape index (κ3) is 2.31. The molecule has 92 valence electrons. The summed E-state index contributed by atoms with van der Waals surface area (Å²) in [6, 6.07) is 14.4. The highest BCUT2D eigenvalue weighted by Gasteiger charge is 2.10. The fourth-order valence-electron chi connectivity index (χ4n) is 2.20. The van der Waals surface area contributed by atoms with Gasteiger partial charge in [-0.2, -0.15) is 0 Å². The number of nitrogen functional groups attached to an aromatic ring is 1. The van der Waals surface area contributed by atoms with Crippen molar-refractivity contribution in [3.8, 4) is 0 Å². The summed E-state index contributed by atoms with van der Waals surface area (Å²) in [7, 11) is 0. The summed E-state index contributed by atoms with van der Waals surface area (Å²) in [6.45, 7) is 0. The Balaban J connectivity index is 1.87. The second-order valence-electron chi connectivity index (χ2n) is 4.49. The molecule has 2 aromatic carbocycles. The molecule has 0 spiro atoms. The van der Waals surface area contributed by atoms with Crippen LogP contribution in [-0.4, -0.2) is 5.75 Å². The fourth-order valence-corrected chi connectivity index (χ4v) is 3.22. The monoisotopic (exact) mass is 256 g/mol. The lowest BCUT2D eigenvalue weighted by Crippen LogP contribution is -2.00. The van der Waals surface area contributed by atoms with Gasteiger partial charge < -0.3 is 11.1 Å². The van der Waals surface area contributed by atoms with E-state index >= 15 is 0 Å². The Hall–Kier alpha value is -1.61. The summed E-state index contributed by atoms with van der Waals surface area (Å²) in [5.41, 5.74) is 10.3. The fraction of sp³-hybridized carbons (Fsp3) is 0.200. The second kappa shape index (κ2) is 4.94. The zero-order valence-electron chi connectivity index (χ0n) is 10.1. The minimum atomic E-state index is 0.782. The van der Waals surface area contributed by atoms with Crippen molar-refractivity contribution < 1.29 is 0 Å². The molecule has 0 amide bonds. The molecule has 18 heavy (non-hydrogen) atoms. The maximum Gasteiger partial charge on any atom is 0.0617 e. The lowest BCUT2D eigenvalue weighted by Gasteiger charge is -2.17. The van der Waals surface area contributed by atoms with Gasteiger partial charge in [0.2, 0.25) is 0 Å². The van der Waals surface area contributed by atoms with Crippen LogP contribution >= 0.6 is 11.8 Å². The van der Waals surface area contributed by atoms with Gasteiger partial charge in [0.15, 0.2) is 0 Å². The minimum Gasteiger partial charge on any atom is -0.397 e. The maximum absolute atomic E-state index is 5.94. The van der Waals surface area contributed by atoms with Gasteiger partial charge in [0.25, 0.3) is 0 Å². The van der Waals surface area contributed by atoms with E-state index in [0.717, 1.165) is 17.1 Å². The van der Waals surface area contributed by atoms with E-state index in [0.29, 0.717) is 0 Å². The molecular weight excluding hydrogens is 240 g/mol. The van der Waals surface area contributed by atoms with Crippen LogP contribution in [0.15, 0.2) is 47.4 Å². The number of aryl methyl sites for hydroxylation is 1. The van der Waals surface area contributed by atoms with Gasteiger partial charge in [-0.05, 0) is 54.5 Å². The number of para-hydroxylation sites is 2. The first kappa shape index (κ1) is 11.5. The standard InChI is InChI=1S/C15H16N2S/c16-13-5-1-2-6-14(13)17-12-7-8-15-11(10-12)4-3-9-18-15/h1-2,5-8,10,17H,3-4,9,16H2. The largest absolute Gasteiger partial charge is 0.397 e. The molecule has 0 bridgehead atoms. The first-order valence-electron chi connectivity index (χ1n) is 6.20. The van der Waals surface area contributed by atoms with E-state index in [1.165, 1.54) is 29.1 Å².